The Morgan fingerprint density at radius 3 is 2.52 bits per heavy atom. The molecule has 4 aromatic rings. The van der Waals surface area contributed by atoms with Crippen LogP contribution < -0.4 is 5.32 Å². The van der Waals surface area contributed by atoms with E-state index in [1.165, 1.54) is 30.2 Å². The highest BCUT2D eigenvalue weighted by Crippen LogP contribution is 2.36. The maximum Gasteiger partial charge on any atom is 0.354 e. The summed E-state index contributed by atoms with van der Waals surface area (Å²) in [5.41, 5.74) is 2.67. The minimum atomic E-state index is -0.446. The van der Waals surface area contributed by atoms with E-state index in [4.69, 9.17) is 4.74 Å². The van der Waals surface area contributed by atoms with Crippen LogP contribution >= 0.6 is 23.1 Å². The Labute approximate surface area is 187 Å². The monoisotopic (exact) mass is 449 g/mol. The van der Waals surface area contributed by atoms with Gasteiger partial charge < -0.3 is 15.0 Å². The van der Waals surface area contributed by atoms with E-state index in [1.807, 2.05) is 66.0 Å². The van der Waals surface area contributed by atoms with Crippen LogP contribution in [-0.4, -0.2) is 29.0 Å². The van der Waals surface area contributed by atoms with Gasteiger partial charge in [-0.25, -0.2) is 9.78 Å². The summed E-state index contributed by atoms with van der Waals surface area (Å²) >= 11 is 2.82. The van der Waals surface area contributed by atoms with Gasteiger partial charge in [0.2, 0.25) is 5.91 Å². The second-order valence-corrected chi connectivity index (χ2v) is 8.58. The predicted molar refractivity (Wildman–Crippen MR) is 123 cm³/mol. The third-order valence-electron chi connectivity index (χ3n) is 4.46. The van der Waals surface area contributed by atoms with Gasteiger partial charge in [0.05, 0.1) is 12.8 Å². The average molecular weight is 450 g/mol. The zero-order valence-corrected chi connectivity index (χ0v) is 18.2. The Balaban J connectivity index is 1.52. The second-order valence-electron chi connectivity index (χ2n) is 6.54. The number of methoxy groups -OCH3 is 1. The minimum absolute atomic E-state index is 0.148. The summed E-state index contributed by atoms with van der Waals surface area (Å²) in [4.78, 5) is 33.2. The summed E-state index contributed by atoms with van der Waals surface area (Å²) in [5, 5.41) is 4.85. The number of aromatic amines is 1. The van der Waals surface area contributed by atoms with Gasteiger partial charge in [-0.05, 0) is 23.8 Å². The fourth-order valence-electron chi connectivity index (χ4n) is 2.94. The molecule has 31 heavy (non-hydrogen) atoms. The zero-order valence-electron chi connectivity index (χ0n) is 16.6. The van der Waals surface area contributed by atoms with Gasteiger partial charge in [0.15, 0.2) is 5.13 Å². The van der Waals surface area contributed by atoms with E-state index >= 15 is 0 Å². The van der Waals surface area contributed by atoms with E-state index in [2.05, 4.69) is 15.3 Å². The van der Waals surface area contributed by atoms with Crippen LogP contribution in [0.4, 0.5) is 5.13 Å². The quantitative estimate of drug-likeness (QED) is 0.292. The van der Waals surface area contributed by atoms with Crippen molar-refractivity contribution in [2.24, 2.45) is 0 Å². The number of nitrogens with one attached hydrogen (secondary N) is 2. The highest BCUT2D eigenvalue weighted by molar-refractivity contribution is 8.00. The van der Waals surface area contributed by atoms with Crippen molar-refractivity contribution in [1.82, 2.24) is 9.97 Å². The molecule has 4 rings (SSSR count). The number of thiazole rings is 1. The van der Waals surface area contributed by atoms with Crippen LogP contribution in [-0.2, 0) is 9.53 Å². The number of rotatable bonds is 7. The molecule has 1 atom stereocenters. The summed E-state index contributed by atoms with van der Waals surface area (Å²) in [6.07, 6.45) is 1.69. The van der Waals surface area contributed by atoms with Gasteiger partial charge >= 0.3 is 5.97 Å². The van der Waals surface area contributed by atoms with Gasteiger partial charge in [0, 0.05) is 22.0 Å². The number of carbonyl (C=O) groups is 2. The number of hydrogen-bond acceptors (Lipinski definition) is 6. The van der Waals surface area contributed by atoms with Gasteiger partial charge in [-0.15, -0.1) is 23.1 Å². The maximum absolute atomic E-state index is 13.2. The molecular formula is C23H19N3O3S2. The zero-order chi connectivity index (χ0) is 21.6. The van der Waals surface area contributed by atoms with E-state index < -0.39 is 11.2 Å². The molecular weight excluding hydrogens is 430 g/mol. The summed E-state index contributed by atoms with van der Waals surface area (Å²) in [6.45, 7) is 0. The molecule has 0 saturated carbocycles. The molecule has 0 fully saturated rings. The first-order valence-electron chi connectivity index (χ1n) is 9.44. The second kappa shape index (κ2) is 9.63. The van der Waals surface area contributed by atoms with Crippen molar-refractivity contribution < 1.29 is 14.3 Å². The normalized spacial score (nSPS) is 11.6. The van der Waals surface area contributed by atoms with Gasteiger partial charge in [-0.3, -0.25) is 4.79 Å². The lowest BCUT2D eigenvalue weighted by atomic mass is 10.1. The molecule has 156 valence electrons. The van der Waals surface area contributed by atoms with Crippen molar-refractivity contribution in [3.8, 4) is 11.3 Å². The lowest BCUT2D eigenvalue weighted by molar-refractivity contribution is -0.115. The lowest BCUT2D eigenvalue weighted by Gasteiger charge is -2.16. The number of amides is 1. The first-order valence-corrected chi connectivity index (χ1v) is 11.2. The number of aromatic nitrogens is 2. The number of carbonyl (C=O) groups excluding carboxylic acids is 2. The molecule has 6 nitrogen and oxygen atoms in total. The molecule has 0 aliphatic rings. The number of hydrogen-bond donors (Lipinski definition) is 2. The first-order chi connectivity index (χ1) is 15.1. The van der Waals surface area contributed by atoms with E-state index in [-0.39, 0.29) is 5.91 Å². The summed E-state index contributed by atoms with van der Waals surface area (Å²) in [7, 11) is 1.33. The molecule has 0 aliphatic carbocycles. The van der Waals surface area contributed by atoms with Crippen molar-refractivity contribution in [3.63, 3.8) is 0 Å². The summed E-state index contributed by atoms with van der Waals surface area (Å²) in [5.74, 6) is -0.594. The van der Waals surface area contributed by atoms with Gasteiger partial charge in [-0.2, -0.15) is 0 Å². The van der Waals surface area contributed by atoms with Crippen molar-refractivity contribution in [2.75, 3.05) is 12.4 Å². The van der Waals surface area contributed by atoms with Crippen LogP contribution in [0.25, 0.3) is 11.3 Å². The highest BCUT2D eigenvalue weighted by atomic mass is 32.2. The molecule has 2 heterocycles. The number of nitrogens with zero attached hydrogens (tertiary/aromatic N) is 1. The summed E-state index contributed by atoms with van der Waals surface area (Å²) in [6, 6.07) is 21.2. The average Bonchev–Trinajstić information content (AvgIpc) is 3.48. The predicted octanol–water partition coefficient (Wildman–Crippen LogP) is 5.40. The van der Waals surface area contributed by atoms with Crippen LogP contribution in [0, 0.1) is 0 Å². The van der Waals surface area contributed by atoms with Crippen molar-refractivity contribution in [2.45, 2.75) is 10.1 Å². The Kier molecular flexibility index (Phi) is 6.49. The van der Waals surface area contributed by atoms with E-state index in [0.717, 1.165) is 16.0 Å². The molecule has 8 heteroatoms. The fraction of sp³-hybridized carbons (Fsp3) is 0.0870. The van der Waals surface area contributed by atoms with Gasteiger partial charge in [0.1, 0.15) is 10.9 Å². The van der Waals surface area contributed by atoms with Crippen LogP contribution in [0.3, 0.4) is 0 Å². The minimum Gasteiger partial charge on any atom is -0.464 e. The highest BCUT2D eigenvalue weighted by Gasteiger charge is 2.23. The Morgan fingerprint density at radius 2 is 1.81 bits per heavy atom. The van der Waals surface area contributed by atoms with E-state index in [1.54, 1.807) is 12.3 Å². The van der Waals surface area contributed by atoms with Gasteiger partial charge in [-0.1, -0.05) is 48.5 Å². The smallest absolute Gasteiger partial charge is 0.354 e. The molecule has 1 amide bonds. The Morgan fingerprint density at radius 1 is 1.10 bits per heavy atom. The standard InChI is InChI=1S/C23H19N3O3S2/c1-29-22(28)18-12-16(13-24-18)19-14-30-23(25-19)26-21(27)20(15-8-4-2-5-9-15)31-17-10-6-3-7-11-17/h2-14,20,24H,1H3,(H,25,26,27)/t20-/m1/s1. The first kappa shape index (κ1) is 20.9. The third-order valence-corrected chi connectivity index (χ3v) is 6.48. The number of benzene rings is 2. The number of esters is 1. The summed E-state index contributed by atoms with van der Waals surface area (Å²) < 4.78 is 4.71. The molecule has 0 unspecified atom stereocenters. The third kappa shape index (κ3) is 5.04. The molecule has 2 aromatic carbocycles. The Bertz CT molecular complexity index is 1170. The van der Waals surface area contributed by atoms with Crippen LogP contribution in [0.1, 0.15) is 21.3 Å². The van der Waals surface area contributed by atoms with Crippen molar-refractivity contribution in [3.05, 3.63) is 89.6 Å². The molecule has 2 aromatic heterocycles. The van der Waals surface area contributed by atoms with E-state index in [9.17, 15) is 9.59 Å². The number of ether oxygens (including phenoxy) is 1. The Hall–Kier alpha value is -3.36. The lowest BCUT2D eigenvalue weighted by Crippen LogP contribution is -2.18. The fourth-order valence-corrected chi connectivity index (χ4v) is 4.71. The van der Waals surface area contributed by atoms with Crippen molar-refractivity contribution in [1.29, 1.82) is 0 Å². The maximum atomic E-state index is 13.2. The number of H-pyrrole nitrogens is 1. The molecule has 0 spiro atoms. The van der Waals surface area contributed by atoms with Crippen LogP contribution in [0.2, 0.25) is 0 Å². The largest absolute Gasteiger partial charge is 0.464 e. The molecule has 0 saturated heterocycles. The number of anilines is 1. The topological polar surface area (TPSA) is 84.1 Å². The van der Waals surface area contributed by atoms with Gasteiger partial charge in [0.25, 0.3) is 0 Å². The molecule has 0 radical (unpaired) electrons. The van der Waals surface area contributed by atoms with Crippen LogP contribution in [0.15, 0.2) is 83.2 Å². The molecule has 2 N–H and O–H groups in total. The molecule has 0 bridgehead atoms. The van der Waals surface area contributed by atoms with Crippen LogP contribution in [0.5, 0.6) is 0 Å². The molecule has 0 aliphatic heterocycles. The number of thioether (sulfide) groups is 1. The van der Waals surface area contributed by atoms with E-state index in [0.29, 0.717) is 16.5 Å². The SMILES string of the molecule is COC(=O)c1cc(-c2csc(NC(=O)[C@H](Sc3ccccc3)c3ccccc3)n2)c[nH]1. The van der Waals surface area contributed by atoms with Crippen molar-refractivity contribution >= 4 is 40.1 Å².